The average Bonchev–Trinajstić information content (AvgIpc) is 3.13. The van der Waals surface area contributed by atoms with Crippen LogP contribution in [0.2, 0.25) is 0 Å². The van der Waals surface area contributed by atoms with E-state index in [9.17, 15) is 4.79 Å². The molecule has 2 aliphatic rings. The van der Waals surface area contributed by atoms with E-state index in [0.717, 1.165) is 38.2 Å². The van der Waals surface area contributed by atoms with E-state index >= 15 is 0 Å². The zero-order valence-corrected chi connectivity index (χ0v) is 16.3. The van der Waals surface area contributed by atoms with Crippen LogP contribution in [0.4, 0.5) is 5.69 Å². The lowest BCUT2D eigenvalue weighted by atomic mass is 10.1. The van der Waals surface area contributed by atoms with Gasteiger partial charge in [0.1, 0.15) is 5.75 Å². The molecule has 0 N–H and O–H groups in total. The minimum atomic E-state index is 0.0752. The van der Waals surface area contributed by atoms with Gasteiger partial charge in [-0.15, -0.1) is 0 Å². The summed E-state index contributed by atoms with van der Waals surface area (Å²) >= 11 is 0. The molecule has 0 radical (unpaired) electrons. The molecule has 0 bridgehead atoms. The molecule has 142 valence electrons. The second-order valence-corrected chi connectivity index (χ2v) is 7.79. The molecule has 4 rings (SSSR count). The number of fused-ring (bicyclic) bond motifs is 1. The predicted molar refractivity (Wildman–Crippen MR) is 109 cm³/mol. The van der Waals surface area contributed by atoms with Crippen LogP contribution in [0.25, 0.3) is 0 Å². The summed E-state index contributed by atoms with van der Waals surface area (Å²) in [5.41, 5.74) is 5.31. The highest BCUT2D eigenvalue weighted by atomic mass is 16.5. The third kappa shape index (κ3) is 3.95. The smallest absolute Gasteiger partial charge is 0.260 e. The maximum Gasteiger partial charge on any atom is 0.260 e. The van der Waals surface area contributed by atoms with E-state index in [1.54, 1.807) is 0 Å². The van der Waals surface area contributed by atoms with Crippen LogP contribution >= 0.6 is 0 Å². The molecule has 1 aliphatic carbocycles. The van der Waals surface area contributed by atoms with Crippen LogP contribution in [-0.4, -0.2) is 43.1 Å². The number of piperazine rings is 1. The number of nitrogens with zero attached hydrogens (tertiary/aromatic N) is 2. The molecule has 1 amide bonds. The monoisotopic (exact) mass is 364 g/mol. The Labute approximate surface area is 161 Å². The number of ether oxygens (including phenoxy) is 1. The van der Waals surface area contributed by atoms with Crippen LogP contribution in [-0.2, 0) is 17.6 Å². The quantitative estimate of drug-likeness (QED) is 0.831. The Hall–Kier alpha value is -2.49. The van der Waals surface area contributed by atoms with Gasteiger partial charge in [0.25, 0.3) is 5.91 Å². The van der Waals surface area contributed by atoms with E-state index in [2.05, 4.69) is 55.1 Å². The van der Waals surface area contributed by atoms with Crippen molar-refractivity contribution < 1.29 is 9.53 Å². The molecule has 0 saturated carbocycles. The number of carbonyl (C=O) groups is 1. The Morgan fingerprint density at radius 1 is 1.11 bits per heavy atom. The van der Waals surface area contributed by atoms with Crippen molar-refractivity contribution in [2.75, 3.05) is 31.1 Å². The van der Waals surface area contributed by atoms with Gasteiger partial charge in [-0.3, -0.25) is 4.79 Å². The Bertz CT molecular complexity index is 833. The minimum Gasteiger partial charge on any atom is -0.484 e. The summed E-state index contributed by atoms with van der Waals surface area (Å²) in [5.74, 6) is 0.890. The lowest BCUT2D eigenvalue weighted by molar-refractivity contribution is -0.134. The van der Waals surface area contributed by atoms with Crippen molar-refractivity contribution in [3.8, 4) is 5.75 Å². The second kappa shape index (κ2) is 7.63. The van der Waals surface area contributed by atoms with Crippen LogP contribution in [0.5, 0.6) is 5.75 Å². The fraction of sp³-hybridized carbons (Fsp3) is 0.435. The molecular weight excluding hydrogens is 336 g/mol. The van der Waals surface area contributed by atoms with Gasteiger partial charge in [0.2, 0.25) is 0 Å². The maximum atomic E-state index is 12.6. The first-order chi connectivity index (χ1) is 13.1. The van der Waals surface area contributed by atoms with Gasteiger partial charge in [-0.2, -0.15) is 0 Å². The van der Waals surface area contributed by atoms with E-state index in [1.807, 2.05) is 11.0 Å². The summed E-state index contributed by atoms with van der Waals surface area (Å²) in [4.78, 5) is 17.0. The number of rotatable bonds is 4. The Kier molecular flexibility index (Phi) is 5.06. The van der Waals surface area contributed by atoms with E-state index in [0.29, 0.717) is 6.04 Å². The van der Waals surface area contributed by atoms with Gasteiger partial charge in [0, 0.05) is 31.4 Å². The van der Waals surface area contributed by atoms with Crippen molar-refractivity contribution in [3.63, 3.8) is 0 Å². The van der Waals surface area contributed by atoms with Crippen molar-refractivity contribution in [2.24, 2.45) is 0 Å². The van der Waals surface area contributed by atoms with E-state index in [4.69, 9.17) is 4.74 Å². The molecule has 1 aliphatic heterocycles. The van der Waals surface area contributed by atoms with Crippen LogP contribution < -0.4 is 9.64 Å². The summed E-state index contributed by atoms with van der Waals surface area (Å²) in [6, 6.07) is 15.1. The average molecular weight is 364 g/mol. The van der Waals surface area contributed by atoms with E-state index in [-0.39, 0.29) is 12.5 Å². The van der Waals surface area contributed by atoms with Gasteiger partial charge < -0.3 is 14.5 Å². The molecule has 1 fully saturated rings. The zero-order valence-electron chi connectivity index (χ0n) is 16.3. The largest absolute Gasteiger partial charge is 0.484 e. The van der Waals surface area contributed by atoms with Gasteiger partial charge in [-0.1, -0.05) is 18.2 Å². The van der Waals surface area contributed by atoms with Crippen molar-refractivity contribution in [3.05, 3.63) is 59.2 Å². The van der Waals surface area contributed by atoms with Gasteiger partial charge in [-0.25, -0.2) is 0 Å². The number of anilines is 1. The topological polar surface area (TPSA) is 32.8 Å². The SMILES string of the molecule is Cc1cccc(N2CCN(C(=O)COc3ccc4c(c3)CCC4)C[C@@H]2C)c1. The highest BCUT2D eigenvalue weighted by Gasteiger charge is 2.27. The van der Waals surface area contributed by atoms with Crippen molar-refractivity contribution in [1.82, 2.24) is 4.90 Å². The Morgan fingerprint density at radius 3 is 2.78 bits per heavy atom. The molecule has 4 heteroatoms. The first-order valence-electron chi connectivity index (χ1n) is 9.96. The standard InChI is InChI=1S/C23H28N2O2/c1-17-5-3-8-21(13-17)25-12-11-24(15-18(25)2)23(26)16-27-22-10-9-19-6-4-7-20(19)14-22/h3,5,8-10,13-14,18H,4,6-7,11-12,15-16H2,1-2H3/t18-/m0/s1. The fourth-order valence-corrected chi connectivity index (χ4v) is 4.25. The lowest BCUT2D eigenvalue weighted by Gasteiger charge is -2.41. The molecule has 27 heavy (non-hydrogen) atoms. The summed E-state index contributed by atoms with van der Waals surface area (Å²) in [6.07, 6.45) is 3.51. The second-order valence-electron chi connectivity index (χ2n) is 7.79. The van der Waals surface area contributed by atoms with Crippen LogP contribution in [0, 0.1) is 6.92 Å². The van der Waals surface area contributed by atoms with Crippen LogP contribution in [0.3, 0.4) is 0 Å². The lowest BCUT2D eigenvalue weighted by Crippen LogP contribution is -2.54. The summed E-state index contributed by atoms with van der Waals surface area (Å²) in [6.45, 7) is 6.75. The number of aryl methyl sites for hydroxylation is 3. The molecule has 1 atom stereocenters. The van der Waals surface area contributed by atoms with Gasteiger partial charge in [0.15, 0.2) is 6.61 Å². The van der Waals surface area contributed by atoms with Crippen LogP contribution in [0.1, 0.15) is 30.0 Å². The molecule has 2 aromatic carbocycles. The summed E-state index contributed by atoms with van der Waals surface area (Å²) < 4.78 is 5.80. The summed E-state index contributed by atoms with van der Waals surface area (Å²) in [7, 11) is 0. The molecule has 4 nitrogen and oxygen atoms in total. The first-order valence-corrected chi connectivity index (χ1v) is 9.96. The zero-order chi connectivity index (χ0) is 18.8. The number of carbonyl (C=O) groups excluding carboxylic acids is 1. The van der Waals surface area contributed by atoms with Gasteiger partial charge in [0.05, 0.1) is 0 Å². The molecule has 2 aromatic rings. The number of benzene rings is 2. The van der Waals surface area contributed by atoms with E-state index in [1.165, 1.54) is 28.8 Å². The molecule has 0 aromatic heterocycles. The number of hydrogen-bond acceptors (Lipinski definition) is 3. The highest BCUT2D eigenvalue weighted by Crippen LogP contribution is 2.26. The third-order valence-electron chi connectivity index (χ3n) is 5.75. The maximum absolute atomic E-state index is 12.6. The fourth-order valence-electron chi connectivity index (χ4n) is 4.25. The van der Waals surface area contributed by atoms with Crippen molar-refractivity contribution in [2.45, 2.75) is 39.2 Å². The molecular formula is C23H28N2O2. The van der Waals surface area contributed by atoms with Gasteiger partial charge in [-0.05, 0) is 74.1 Å². The normalized spacial score (nSPS) is 19.1. The number of amides is 1. The van der Waals surface area contributed by atoms with Crippen molar-refractivity contribution >= 4 is 11.6 Å². The summed E-state index contributed by atoms with van der Waals surface area (Å²) in [5, 5.41) is 0. The first kappa shape index (κ1) is 17.9. The molecule has 1 heterocycles. The highest BCUT2D eigenvalue weighted by molar-refractivity contribution is 5.78. The Morgan fingerprint density at radius 2 is 1.96 bits per heavy atom. The Balaban J connectivity index is 1.32. The third-order valence-corrected chi connectivity index (χ3v) is 5.75. The van der Waals surface area contributed by atoms with E-state index < -0.39 is 0 Å². The molecule has 1 saturated heterocycles. The molecule has 0 spiro atoms. The van der Waals surface area contributed by atoms with Crippen LogP contribution in [0.15, 0.2) is 42.5 Å². The van der Waals surface area contributed by atoms with Gasteiger partial charge >= 0.3 is 0 Å². The van der Waals surface area contributed by atoms with Crippen molar-refractivity contribution in [1.29, 1.82) is 0 Å². The number of hydrogen-bond donors (Lipinski definition) is 0. The minimum absolute atomic E-state index is 0.0752. The predicted octanol–water partition coefficient (Wildman–Crippen LogP) is 3.60. The molecule has 0 unspecified atom stereocenters.